The fourth-order valence-electron chi connectivity index (χ4n) is 2.68. The summed E-state index contributed by atoms with van der Waals surface area (Å²) < 4.78 is 14.8. The second-order valence-corrected chi connectivity index (χ2v) is 5.78. The minimum atomic E-state index is -0.296. The van der Waals surface area contributed by atoms with E-state index in [9.17, 15) is 4.39 Å². The Labute approximate surface area is 142 Å². The molecule has 0 radical (unpaired) electrons. The summed E-state index contributed by atoms with van der Waals surface area (Å²) in [5, 5.41) is 14.2. The van der Waals surface area contributed by atoms with E-state index in [1.165, 1.54) is 12.1 Å². The molecule has 0 aliphatic heterocycles. The normalized spacial score (nSPS) is 11.1. The van der Waals surface area contributed by atoms with Gasteiger partial charge in [-0.3, -0.25) is 0 Å². The Balaban J connectivity index is 2.00. The van der Waals surface area contributed by atoms with Gasteiger partial charge in [0.05, 0.1) is 10.4 Å². The molecule has 4 rings (SSSR count). The highest BCUT2D eigenvalue weighted by Gasteiger charge is 2.19. The van der Waals surface area contributed by atoms with E-state index >= 15 is 0 Å². The van der Waals surface area contributed by atoms with Crippen LogP contribution in [0.3, 0.4) is 0 Å². The minimum absolute atomic E-state index is 0.296. The molecule has 0 aliphatic rings. The lowest BCUT2D eigenvalue weighted by atomic mass is 10.1. The van der Waals surface area contributed by atoms with Crippen molar-refractivity contribution in [2.75, 3.05) is 0 Å². The zero-order chi connectivity index (χ0) is 16.7. The van der Waals surface area contributed by atoms with Gasteiger partial charge in [0.25, 0.3) is 0 Å². The molecule has 2 aromatic carbocycles. The van der Waals surface area contributed by atoms with Gasteiger partial charge in [0.15, 0.2) is 5.65 Å². The standard InChI is InChI=1S/C18H12ClFN4/c1-24-18-14(16(23-24)12-7-9-13(20)10-8-12)15(19)17(21-22-18)11-5-3-2-4-6-11/h2-10H,1H3. The molecule has 0 saturated carbocycles. The molecule has 0 spiro atoms. The lowest BCUT2D eigenvalue weighted by Gasteiger charge is -2.05. The van der Waals surface area contributed by atoms with Crippen LogP contribution in [0.1, 0.15) is 0 Å². The van der Waals surface area contributed by atoms with E-state index in [0.717, 1.165) is 11.1 Å². The van der Waals surface area contributed by atoms with Crippen molar-refractivity contribution in [3.8, 4) is 22.5 Å². The van der Waals surface area contributed by atoms with Crippen LogP contribution in [0.4, 0.5) is 4.39 Å². The monoisotopic (exact) mass is 338 g/mol. The van der Waals surface area contributed by atoms with Gasteiger partial charge < -0.3 is 0 Å². The van der Waals surface area contributed by atoms with Crippen LogP contribution in [0.2, 0.25) is 5.02 Å². The van der Waals surface area contributed by atoms with Crippen LogP contribution < -0.4 is 0 Å². The van der Waals surface area contributed by atoms with Crippen LogP contribution in [0, 0.1) is 5.82 Å². The van der Waals surface area contributed by atoms with E-state index in [1.54, 1.807) is 23.9 Å². The number of rotatable bonds is 2. The van der Waals surface area contributed by atoms with Crippen LogP contribution in [0.15, 0.2) is 54.6 Å². The maximum absolute atomic E-state index is 13.2. The molecular weight excluding hydrogens is 327 g/mol. The van der Waals surface area contributed by atoms with Crippen LogP contribution in [0.25, 0.3) is 33.5 Å². The summed E-state index contributed by atoms with van der Waals surface area (Å²) in [7, 11) is 1.78. The van der Waals surface area contributed by atoms with Crippen molar-refractivity contribution >= 4 is 22.6 Å². The zero-order valence-electron chi connectivity index (χ0n) is 12.7. The van der Waals surface area contributed by atoms with Gasteiger partial charge in [-0.1, -0.05) is 41.9 Å². The van der Waals surface area contributed by atoms with Gasteiger partial charge in [-0.05, 0) is 24.3 Å². The van der Waals surface area contributed by atoms with Crippen LogP contribution >= 0.6 is 11.6 Å². The molecule has 0 saturated heterocycles. The summed E-state index contributed by atoms with van der Waals surface area (Å²) >= 11 is 6.65. The lowest BCUT2D eigenvalue weighted by molar-refractivity contribution is 0.628. The number of hydrogen-bond donors (Lipinski definition) is 0. The van der Waals surface area contributed by atoms with Crippen molar-refractivity contribution in [2.45, 2.75) is 0 Å². The summed E-state index contributed by atoms with van der Waals surface area (Å²) in [6.45, 7) is 0. The van der Waals surface area contributed by atoms with E-state index in [2.05, 4.69) is 15.3 Å². The average molecular weight is 339 g/mol. The highest BCUT2D eigenvalue weighted by Crippen LogP contribution is 2.36. The van der Waals surface area contributed by atoms with Gasteiger partial charge in [-0.25, -0.2) is 9.07 Å². The molecule has 0 bridgehead atoms. The van der Waals surface area contributed by atoms with E-state index in [0.29, 0.717) is 27.4 Å². The Kier molecular flexibility index (Phi) is 3.50. The van der Waals surface area contributed by atoms with Crippen molar-refractivity contribution in [2.24, 2.45) is 7.05 Å². The molecule has 2 heterocycles. The van der Waals surface area contributed by atoms with Crippen molar-refractivity contribution in [3.05, 3.63) is 65.4 Å². The fraction of sp³-hybridized carbons (Fsp3) is 0.0556. The molecule has 118 valence electrons. The molecule has 0 N–H and O–H groups in total. The van der Waals surface area contributed by atoms with Gasteiger partial charge in [0.1, 0.15) is 17.2 Å². The van der Waals surface area contributed by atoms with Crippen molar-refractivity contribution in [1.82, 2.24) is 20.0 Å². The molecular formula is C18H12ClFN4. The quantitative estimate of drug-likeness (QED) is 0.541. The molecule has 6 heteroatoms. The molecule has 0 aliphatic carbocycles. The lowest BCUT2D eigenvalue weighted by Crippen LogP contribution is -1.95. The van der Waals surface area contributed by atoms with Crippen molar-refractivity contribution in [3.63, 3.8) is 0 Å². The molecule has 0 amide bonds. The molecule has 0 unspecified atom stereocenters. The number of fused-ring (bicyclic) bond motifs is 1. The highest BCUT2D eigenvalue weighted by atomic mass is 35.5. The Bertz CT molecular complexity index is 1030. The predicted octanol–water partition coefficient (Wildman–Crippen LogP) is 4.49. The number of aryl methyl sites for hydroxylation is 1. The maximum atomic E-state index is 13.2. The Morgan fingerprint density at radius 2 is 1.54 bits per heavy atom. The van der Waals surface area contributed by atoms with E-state index in [-0.39, 0.29) is 5.82 Å². The first-order valence-electron chi connectivity index (χ1n) is 7.35. The molecule has 24 heavy (non-hydrogen) atoms. The number of halogens is 2. The van der Waals surface area contributed by atoms with Gasteiger partial charge in [-0.2, -0.15) is 5.10 Å². The first kappa shape index (κ1) is 14.8. The topological polar surface area (TPSA) is 43.6 Å². The number of hydrogen-bond acceptors (Lipinski definition) is 3. The Morgan fingerprint density at radius 3 is 2.25 bits per heavy atom. The average Bonchev–Trinajstić information content (AvgIpc) is 2.94. The maximum Gasteiger partial charge on any atom is 0.182 e. The molecule has 4 nitrogen and oxygen atoms in total. The minimum Gasteiger partial charge on any atom is -0.248 e. The van der Waals surface area contributed by atoms with Gasteiger partial charge >= 0.3 is 0 Å². The Morgan fingerprint density at radius 1 is 0.875 bits per heavy atom. The van der Waals surface area contributed by atoms with Crippen molar-refractivity contribution in [1.29, 1.82) is 0 Å². The van der Waals surface area contributed by atoms with Crippen molar-refractivity contribution < 1.29 is 4.39 Å². The third kappa shape index (κ3) is 2.34. The van der Waals surface area contributed by atoms with E-state index in [4.69, 9.17) is 11.6 Å². The number of nitrogens with zero attached hydrogens (tertiary/aromatic N) is 4. The molecule has 2 aromatic heterocycles. The largest absolute Gasteiger partial charge is 0.248 e. The second-order valence-electron chi connectivity index (χ2n) is 5.41. The summed E-state index contributed by atoms with van der Waals surface area (Å²) in [4.78, 5) is 0. The summed E-state index contributed by atoms with van der Waals surface area (Å²) in [6.07, 6.45) is 0. The van der Waals surface area contributed by atoms with E-state index < -0.39 is 0 Å². The van der Waals surface area contributed by atoms with Gasteiger partial charge in [0.2, 0.25) is 0 Å². The third-order valence-corrected chi connectivity index (χ3v) is 4.22. The molecule has 4 aromatic rings. The van der Waals surface area contributed by atoms with Crippen LogP contribution in [0.5, 0.6) is 0 Å². The smallest absolute Gasteiger partial charge is 0.182 e. The molecule has 0 fully saturated rings. The predicted molar refractivity (Wildman–Crippen MR) is 92.1 cm³/mol. The summed E-state index contributed by atoms with van der Waals surface area (Å²) in [5.41, 5.74) is 3.49. The fourth-order valence-corrected chi connectivity index (χ4v) is 3.00. The zero-order valence-corrected chi connectivity index (χ0v) is 13.5. The van der Waals surface area contributed by atoms with Gasteiger partial charge in [0, 0.05) is 18.2 Å². The second kappa shape index (κ2) is 5.69. The summed E-state index contributed by atoms with van der Waals surface area (Å²) in [5.74, 6) is -0.296. The SMILES string of the molecule is Cn1nc(-c2ccc(F)cc2)c2c(Cl)c(-c3ccccc3)nnc21. The van der Waals surface area contributed by atoms with Crippen LogP contribution in [-0.2, 0) is 7.05 Å². The third-order valence-electron chi connectivity index (χ3n) is 3.85. The number of aromatic nitrogens is 4. The van der Waals surface area contributed by atoms with E-state index in [1.807, 2.05) is 30.3 Å². The number of benzene rings is 2. The highest BCUT2D eigenvalue weighted by molar-refractivity contribution is 6.38. The van der Waals surface area contributed by atoms with Crippen LogP contribution in [-0.4, -0.2) is 20.0 Å². The summed E-state index contributed by atoms with van der Waals surface area (Å²) in [6, 6.07) is 15.8. The first-order chi connectivity index (χ1) is 11.6. The van der Waals surface area contributed by atoms with Gasteiger partial charge in [-0.15, -0.1) is 10.2 Å². The molecule has 0 atom stereocenters. The first-order valence-corrected chi connectivity index (χ1v) is 7.73. The Hall–Kier alpha value is -2.79.